The van der Waals surface area contributed by atoms with Gasteiger partial charge in [-0.25, -0.2) is 4.39 Å². The highest BCUT2D eigenvalue weighted by atomic mass is 35.5. The molecule has 0 bridgehead atoms. The van der Waals surface area contributed by atoms with Gasteiger partial charge in [0.15, 0.2) is 0 Å². The number of carbonyl (C=O) groups excluding carboxylic acids is 2. The van der Waals surface area contributed by atoms with Crippen molar-refractivity contribution in [3.8, 4) is 0 Å². The number of hydrogen-bond donors (Lipinski definition) is 0. The van der Waals surface area contributed by atoms with Gasteiger partial charge in [0.1, 0.15) is 5.82 Å². The van der Waals surface area contributed by atoms with Crippen LogP contribution < -0.4 is 0 Å². The van der Waals surface area contributed by atoms with Gasteiger partial charge in [0.25, 0.3) is 5.91 Å². The minimum Gasteiger partial charge on any atom is -0.337 e. The third kappa shape index (κ3) is 4.65. The second-order valence-electron chi connectivity index (χ2n) is 7.88. The first-order chi connectivity index (χ1) is 14.5. The highest BCUT2D eigenvalue weighted by Crippen LogP contribution is 2.22. The lowest BCUT2D eigenvalue weighted by Crippen LogP contribution is -2.44. The largest absolute Gasteiger partial charge is 0.337 e. The second-order valence-corrected chi connectivity index (χ2v) is 8.32. The molecular weight excluding hydrogens is 405 g/mol. The molecule has 2 amide bonds. The van der Waals surface area contributed by atoms with Crippen LogP contribution in [0.3, 0.4) is 0 Å². The van der Waals surface area contributed by atoms with Gasteiger partial charge in [-0.2, -0.15) is 0 Å². The highest BCUT2D eigenvalue weighted by molar-refractivity contribution is 6.30. The van der Waals surface area contributed by atoms with Gasteiger partial charge < -0.3 is 9.80 Å². The minimum absolute atomic E-state index is 0.0185. The lowest BCUT2D eigenvalue weighted by atomic mass is 10.2. The number of amides is 2. The summed E-state index contributed by atoms with van der Waals surface area (Å²) in [6.45, 7) is 3.92. The molecule has 30 heavy (non-hydrogen) atoms. The Hall–Kier alpha value is -2.44. The van der Waals surface area contributed by atoms with Crippen LogP contribution in [0.25, 0.3) is 0 Å². The standard InChI is InChI=1S/C23H25ClFN3O2/c24-19-4-1-3-18(15-19)22(29)27-11-2-10-26(13-14-27)21-9-12-28(23(21)30)16-17-5-7-20(25)8-6-17/h1,3-8,15,21H,2,9-14,16H2. The summed E-state index contributed by atoms with van der Waals surface area (Å²) in [5.74, 6) is -0.171. The number of carbonyl (C=O) groups is 2. The summed E-state index contributed by atoms with van der Waals surface area (Å²) in [6.07, 6.45) is 1.61. The maximum atomic E-state index is 13.1. The summed E-state index contributed by atoms with van der Waals surface area (Å²) in [5.41, 5.74) is 1.53. The first kappa shape index (κ1) is 20.8. The molecule has 0 spiro atoms. The van der Waals surface area contributed by atoms with E-state index >= 15 is 0 Å². The number of rotatable bonds is 4. The Morgan fingerprint density at radius 2 is 1.83 bits per heavy atom. The topological polar surface area (TPSA) is 43.9 Å². The lowest BCUT2D eigenvalue weighted by Gasteiger charge is -2.26. The molecule has 2 heterocycles. The molecule has 0 aliphatic carbocycles. The average molecular weight is 430 g/mol. The molecule has 0 saturated carbocycles. The van der Waals surface area contributed by atoms with E-state index in [2.05, 4.69) is 4.90 Å². The Morgan fingerprint density at radius 3 is 2.60 bits per heavy atom. The first-order valence-corrected chi connectivity index (χ1v) is 10.7. The summed E-state index contributed by atoms with van der Waals surface area (Å²) >= 11 is 6.03. The lowest BCUT2D eigenvalue weighted by molar-refractivity contribution is -0.132. The van der Waals surface area contributed by atoms with Crippen molar-refractivity contribution in [3.05, 3.63) is 70.5 Å². The van der Waals surface area contributed by atoms with Crippen LogP contribution in [0.15, 0.2) is 48.5 Å². The highest BCUT2D eigenvalue weighted by Gasteiger charge is 2.36. The number of hydrogen-bond acceptors (Lipinski definition) is 3. The fraction of sp³-hybridized carbons (Fsp3) is 0.391. The number of likely N-dealkylation sites (tertiary alicyclic amines) is 1. The van der Waals surface area contributed by atoms with Crippen LogP contribution in [0, 0.1) is 5.82 Å². The molecule has 2 aromatic rings. The maximum Gasteiger partial charge on any atom is 0.253 e. The minimum atomic E-state index is -0.272. The predicted molar refractivity (Wildman–Crippen MR) is 114 cm³/mol. The van der Waals surface area contributed by atoms with Gasteiger partial charge >= 0.3 is 0 Å². The van der Waals surface area contributed by atoms with Crippen molar-refractivity contribution in [3.63, 3.8) is 0 Å². The fourth-order valence-electron chi connectivity index (χ4n) is 4.28. The average Bonchev–Trinajstić information content (AvgIpc) is 2.95. The van der Waals surface area contributed by atoms with E-state index in [4.69, 9.17) is 11.6 Å². The summed E-state index contributed by atoms with van der Waals surface area (Å²) in [4.78, 5) is 31.7. The molecule has 2 saturated heterocycles. The molecule has 0 N–H and O–H groups in total. The molecule has 158 valence electrons. The summed E-state index contributed by atoms with van der Waals surface area (Å²) < 4.78 is 13.1. The first-order valence-electron chi connectivity index (χ1n) is 10.3. The number of benzene rings is 2. The van der Waals surface area contributed by atoms with Gasteiger partial charge in [-0.1, -0.05) is 29.8 Å². The van der Waals surface area contributed by atoms with Crippen LogP contribution >= 0.6 is 11.6 Å². The zero-order valence-corrected chi connectivity index (χ0v) is 17.5. The normalized spacial score (nSPS) is 20.5. The Balaban J connectivity index is 1.35. The van der Waals surface area contributed by atoms with E-state index in [1.54, 1.807) is 36.4 Å². The van der Waals surface area contributed by atoms with Gasteiger partial charge in [-0.15, -0.1) is 0 Å². The smallest absolute Gasteiger partial charge is 0.253 e. The SMILES string of the molecule is O=C(c1cccc(Cl)c1)N1CCCN(C2CCN(Cc3ccc(F)cc3)C2=O)CC1. The number of nitrogens with zero attached hydrogens (tertiary/aromatic N) is 3. The van der Waals surface area contributed by atoms with E-state index in [1.807, 2.05) is 9.80 Å². The van der Waals surface area contributed by atoms with Crippen LogP contribution in [-0.2, 0) is 11.3 Å². The molecule has 5 nitrogen and oxygen atoms in total. The van der Waals surface area contributed by atoms with Crippen LogP contribution in [0.1, 0.15) is 28.8 Å². The summed E-state index contributed by atoms with van der Waals surface area (Å²) in [5, 5.41) is 0.551. The molecule has 1 unspecified atom stereocenters. The van der Waals surface area contributed by atoms with E-state index in [0.717, 1.165) is 24.9 Å². The molecule has 2 aliphatic rings. The molecular formula is C23H25ClFN3O2. The van der Waals surface area contributed by atoms with E-state index in [0.29, 0.717) is 43.3 Å². The van der Waals surface area contributed by atoms with Crippen molar-refractivity contribution in [2.45, 2.75) is 25.4 Å². The van der Waals surface area contributed by atoms with Crippen molar-refractivity contribution >= 4 is 23.4 Å². The van der Waals surface area contributed by atoms with Crippen molar-refractivity contribution in [1.82, 2.24) is 14.7 Å². The van der Waals surface area contributed by atoms with E-state index in [1.165, 1.54) is 12.1 Å². The van der Waals surface area contributed by atoms with E-state index in [9.17, 15) is 14.0 Å². The Morgan fingerprint density at radius 1 is 1.03 bits per heavy atom. The Bertz CT molecular complexity index is 921. The molecule has 2 fully saturated rings. The molecule has 0 aromatic heterocycles. The zero-order valence-electron chi connectivity index (χ0n) is 16.8. The molecule has 7 heteroatoms. The molecule has 2 aliphatic heterocycles. The zero-order chi connectivity index (χ0) is 21.1. The maximum absolute atomic E-state index is 13.1. The molecule has 4 rings (SSSR count). The van der Waals surface area contributed by atoms with Gasteiger partial charge in [0.2, 0.25) is 5.91 Å². The Kier molecular flexibility index (Phi) is 6.35. The van der Waals surface area contributed by atoms with Gasteiger partial charge in [-0.05, 0) is 48.7 Å². The summed E-state index contributed by atoms with van der Waals surface area (Å²) in [6, 6.07) is 13.2. The van der Waals surface area contributed by atoms with Crippen LogP contribution in [-0.4, -0.2) is 65.3 Å². The van der Waals surface area contributed by atoms with Gasteiger partial charge in [-0.3, -0.25) is 14.5 Å². The second kappa shape index (κ2) is 9.14. The predicted octanol–water partition coefficient (Wildman–Crippen LogP) is 3.43. The fourth-order valence-corrected chi connectivity index (χ4v) is 4.48. The third-order valence-electron chi connectivity index (χ3n) is 5.89. The van der Waals surface area contributed by atoms with Crippen LogP contribution in [0.4, 0.5) is 4.39 Å². The van der Waals surface area contributed by atoms with Crippen LogP contribution in [0.5, 0.6) is 0 Å². The Labute approximate surface area is 181 Å². The van der Waals surface area contributed by atoms with Crippen molar-refractivity contribution in [2.75, 3.05) is 32.7 Å². The molecule has 1 atom stereocenters. The van der Waals surface area contributed by atoms with Gasteiger partial charge in [0, 0.05) is 49.9 Å². The van der Waals surface area contributed by atoms with Crippen molar-refractivity contribution in [2.24, 2.45) is 0 Å². The molecule has 0 radical (unpaired) electrons. The summed E-state index contributed by atoms with van der Waals surface area (Å²) in [7, 11) is 0. The third-order valence-corrected chi connectivity index (χ3v) is 6.12. The van der Waals surface area contributed by atoms with Crippen molar-refractivity contribution in [1.29, 1.82) is 0 Å². The van der Waals surface area contributed by atoms with Crippen molar-refractivity contribution < 1.29 is 14.0 Å². The quantitative estimate of drug-likeness (QED) is 0.748. The van der Waals surface area contributed by atoms with Gasteiger partial charge in [0.05, 0.1) is 6.04 Å². The van der Waals surface area contributed by atoms with E-state index in [-0.39, 0.29) is 23.7 Å². The molecule has 2 aromatic carbocycles. The monoisotopic (exact) mass is 429 g/mol. The van der Waals surface area contributed by atoms with Crippen LogP contribution in [0.2, 0.25) is 5.02 Å². The number of halogens is 2. The van der Waals surface area contributed by atoms with E-state index < -0.39 is 0 Å².